The summed E-state index contributed by atoms with van der Waals surface area (Å²) in [4.78, 5) is 25.0. The smallest absolute Gasteiger partial charge is 0.408 e. The Labute approximate surface area is 233 Å². The number of benzene rings is 1. The molecule has 0 heterocycles. The quantitative estimate of drug-likeness (QED) is 0.120. The van der Waals surface area contributed by atoms with Gasteiger partial charge in [0, 0.05) is 6.42 Å². The van der Waals surface area contributed by atoms with Crippen LogP contribution in [0.4, 0.5) is 4.79 Å². The molecule has 1 rings (SSSR count). The van der Waals surface area contributed by atoms with E-state index in [0.29, 0.717) is 13.0 Å². The minimum absolute atomic E-state index is 0.373. The van der Waals surface area contributed by atoms with Crippen molar-refractivity contribution in [1.29, 1.82) is 0 Å². The van der Waals surface area contributed by atoms with Gasteiger partial charge in [-0.3, -0.25) is 0 Å². The van der Waals surface area contributed by atoms with Gasteiger partial charge in [0.05, 0.1) is 6.61 Å². The lowest BCUT2D eigenvalue weighted by Gasteiger charge is -2.23. The number of ether oxygens (including phenoxy) is 2. The lowest BCUT2D eigenvalue weighted by Crippen LogP contribution is -2.45. The van der Waals surface area contributed by atoms with E-state index in [9.17, 15) is 9.59 Å². The van der Waals surface area contributed by atoms with Crippen LogP contribution in [0.1, 0.15) is 142 Å². The predicted molar refractivity (Wildman–Crippen MR) is 158 cm³/mol. The maximum Gasteiger partial charge on any atom is 0.408 e. The van der Waals surface area contributed by atoms with Gasteiger partial charge >= 0.3 is 12.1 Å². The Hall–Kier alpha value is -2.04. The van der Waals surface area contributed by atoms with Crippen LogP contribution in [0.25, 0.3) is 0 Å². The first kappa shape index (κ1) is 34.0. The molecule has 0 aliphatic rings. The Morgan fingerprint density at radius 2 is 1.16 bits per heavy atom. The van der Waals surface area contributed by atoms with E-state index in [1.54, 1.807) is 20.8 Å². The zero-order valence-corrected chi connectivity index (χ0v) is 25.0. The number of nitrogens with one attached hydrogen (secondary N) is 1. The predicted octanol–water partition coefficient (Wildman–Crippen LogP) is 9.32. The molecule has 0 spiro atoms. The van der Waals surface area contributed by atoms with Crippen molar-refractivity contribution in [2.75, 3.05) is 6.61 Å². The zero-order chi connectivity index (χ0) is 27.9. The van der Waals surface area contributed by atoms with Crippen LogP contribution in [0.2, 0.25) is 0 Å². The lowest BCUT2D eigenvalue weighted by molar-refractivity contribution is -0.146. The molecule has 38 heavy (non-hydrogen) atoms. The van der Waals surface area contributed by atoms with Crippen LogP contribution in [-0.2, 0) is 20.7 Å². The summed E-state index contributed by atoms with van der Waals surface area (Å²) < 4.78 is 10.9. The number of carbonyl (C=O) groups excluding carboxylic acids is 2. The average Bonchev–Trinajstić information content (AvgIpc) is 2.87. The van der Waals surface area contributed by atoms with Crippen molar-refractivity contribution in [2.45, 2.75) is 155 Å². The Kier molecular flexibility index (Phi) is 19.5. The van der Waals surface area contributed by atoms with E-state index in [-0.39, 0.29) is 0 Å². The van der Waals surface area contributed by atoms with Gasteiger partial charge in [0.2, 0.25) is 0 Å². The second kappa shape index (κ2) is 21.8. The van der Waals surface area contributed by atoms with Crippen molar-refractivity contribution in [3.63, 3.8) is 0 Å². The minimum atomic E-state index is -0.766. The minimum Gasteiger partial charge on any atom is -0.464 e. The van der Waals surface area contributed by atoms with E-state index in [4.69, 9.17) is 9.47 Å². The van der Waals surface area contributed by atoms with Gasteiger partial charge in [-0.05, 0) is 32.8 Å². The normalized spacial score (nSPS) is 12.2. The molecule has 5 nitrogen and oxygen atoms in total. The molecule has 0 unspecified atom stereocenters. The van der Waals surface area contributed by atoms with E-state index < -0.39 is 23.7 Å². The Morgan fingerprint density at radius 1 is 0.711 bits per heavy atom. The molecule has 218 valence electrons. The van der Waals surface area contributed by atoms with Gasteiger partial charge in [-0.25, -0.2) is 9.59 Å². The van der Waals surface area contributed by atoms with E-state index in [1.807, 2.05) is 30.3 Å². The van der Waals surface area contributed by atoms with Gasteiger partial charge in [0.25, 0.3) is 0 Å². The highest BCUT2D eigenvalue weighted by Gasteiger charge is 2.25. The number of alkyl carbamates (subject to hydrolysis) is 1. The number of hydrogen-bond donors (Lipinski definition) is 1. The molecule has 5 heteroatoms. The molecule has 1 atom stereocenters. The summed E-state index contributed by atoms with van der Waals surface area (Å²) in [5.74, 6) is -0.406. The van der Waals surface area contributed by atoms with E-state index in [2.05, 4.69) is 12.2 Å². The Morgan fingerprint density at radius 3 is 1.61 bits per heavy atom. The number of carbonyl (C=O) groups is 2. The third-order valence-electron chi connectivity index (χ3n) is 6.75. The van der Waals surface area contributed by atoms with Crippen LogP contribution >= 0.6 is 0 Å². The fourth-order valence-corrected chi connectivity index (χ4v) is 4.59. The standard InChI is InChI=1S/C33H57NO4/c1-5-6-7-8-9-10-11-12-13-14-15-16-17-18-19-20-24-27-37-31(35)30(28-29-25-22-21-23-26-29)34-32(36)38-33(2,3)4/h21-23,25-26,30H,5-20,24,27-28H2,1-4H3,(H,34,36)/t30-/m0/s1. The highest BCUT2D eigenvalue weighted by atomic mass is 16.6. The van der Waals surface area contributed by atoms with Gasteiger partial charge in [-0.15, -0.1) is 0 Å². The maximum atomic E-state index is 12.7. The number of unbranched alkanes of at least 4 members (excludes halogenated alkanes) is 16. The fraction of sp³-hybridized carbons (Fsp3) is 0.758. The molecule has 0 saturated carbocycles. The van der Waals surface area contributed by atoms with Crippen LogP contribution in [0.5, 0.6) is 0 Å². The summed E-state index contributed by atoms with van der Waals surface area (Å²) in [5, 5.41) is 2.69. The molecule has 0 saturated heterocycles. The van der Waals surface area contributed by atoms with Crippen LogP contribution in [0.15, 0.2) is 30.3 Å². The van der Waals surface area contributed by atoms with Crippen molar-refractivity contribution in [3.05, 3.63) is 35.9 Å². The molecule has 0 radical (unpaired) electrons. The summed E-state index contributed by atoms with van der Waals surface area (Å²) in [6, 6.07) is 8.88. The highest BCUT2D eigenvalue weighted by Crippen LogP contribution is 2.14. The molecule has 1 aromatic rings. The van der Waals surface area contributed by atoms with Crippen molar-refractivity contribution in [3.8, 4) is 0 Å². The molecule has 1 aromatic carbocycles. The van der Waals surface area contributed by atoms with E-state index in [0.717, 1.165) is 18.4 Å². The molecular formula is C33H57NO4. The lowest BCUT2D eigenvalue weighted by atomic mass is 10.0. The third kappa shape index (κ3) is 20.0. The maximum absolute atomic E-state index is 12.7. The first-order valence-electron chi connectivity index (χ1n) is 15.5. The number of amides is 1. The fourth-order valence-electron chi connectivity index (χ4n) is 4.59. The molecule has 0 fully saturated rings. The van der Waals surface area contributed by atoms with Crippen LogP contribution in [-0.4, -0.2) is 30.3 Å². The van der Waals surface area contributed by atoms with Gasteiger partial charge < -0.3 is 14.8 Å². The molecular weight excluding hydrogens is 474 g/mol. The van der Waals surface area contributed by atoms with Crippen molar-refractivity contribution in [2.24, 2.45) is 0 Å². The number of esters is 1. The number of hydrogen-bond acceptors (Lipinski definition) is 4. The van der Waals surface area contributed by atoms with E-state index in [1.165, 1.54) is 96.3 Å². The van der Waals surface area contributed by atoms with Gasteiger partial charge in [0.15, 0.2) is 0 Å². The van der Waals surface area contributed by atoms with Crippen LogP contribution in [0, 0.1) is 0 Å². The summed E-state index contributed by atoms with van der Waals surface area (Å²) in [6.45, 7) is 8.07. The second-order valence-electron chi connectivity index (χ2n) is 11.7. The van der Waals surface area contributed by atoms with Crippen LogP contribution < -0.4 is 5.32 Å². The molecule has 0 aromatic heterocycles. The third-order valence-corrected chi connectivity index (χ3v) is 6.75. The second-order valence-corrected chi connectivity index (χ2v) is 11.7. The zero-order valence-electron chi connectivity index (χ0n) is 25.0. The Balaban J connectivity index is 2.09. The summed E-state index contributed by atoms with van der Waals surface area (Å²) in [7, 11) is 0. The molecule has 1 amide bonds. The monoisotopic (exact) mass is 531 g/mol. The largest absolute Gasteiger partial charge is 0.464 e. The summed E-state index contributed by atoms with van der Waals surface area (Å²) in [5.41, 5.74) is 0.335. The first-order chi connectivity index (χ1) is 18.3. The number of rotatable bonds is 22. The average molecular weight is 532 g/mol. The molecule has 0 aliphatic carbocycles. The Bertz CT molecular complexity index is 713. The van der Waals surface area contributed by atoms with Crippen molar-refractivity contribution >= 4 is 12.1 Å². The molecule has 1 N–H and O–H groups in total. The summed E-state index contributed by atoms with van der Waals surface area (Å²) in [6.07, 6.45) is 22.2. The van der Waals surface area contributed by atoms with E-state index >= 15 is 0 Å². The highest BCUT2D eigenvalue weighted by molar-refractivity contribution is 5.81. The molecule has 0 aliphatic heterocycles. The SMILES string of the molecule is CCCCCCCCCCCCCCCCCCCOC(=O)[C@H](Cc1ccccc1)NC(=O)OC(C)(C)C. The van der Waals surface area contributed by atoms with Crippen molar-refractivity contribution < 1.29 is 19.1 Å². The van der Waals surface area contributed by atoms with Gasteiger partial charge in [0.1, 0.15) is 11.6 Å². The topological polar surface area (TPSA) is 64.6 Å². The first-order valence-corrected chi connectivity index (χ1v) is 15.5. The van der Waals surface area contributed by atoms with Crippen LogP contribution in [0.3, 0.4) is 0 Å². The molecule has 0 bridgehead atoms. The van der Waals surface area contributed by atoms with Gasteiger partial charge in [-0.1, -0.05) is 140 Å². The van der Waals surface area contributed by atoms with Gasteiger partial charge in [-0.2, -0.15) is 0 Å². The summed E-state index contributed by atoms with van der Waals surface area (Å²) >= 11 is 0. The van der Waals surface area contributed by atoms with Crippen molar-refractivity contribution in [1.82, 2.24) is 5.32 Å².